The van der Waals surface area contributed by atoms with E-state index in [1.54, 1.807) is 0 Å². The van der Waals surface area contributed by atoms with Crippen LogP contribution in [0, 0.1) is 12.8 Å². The Hall–Kier alpha value is -1.42. The third-order valence-electron chi connectivity index (χ3n) is 3.49. The van der Waals surface area contributed by atoms with E-state index in [1.165, 1.54) is 19.3 Å². The zero-order valence-corrected chi connectivity index (χ0v) is 11.3. The summed E-state index contributed by atoms with van der Waals surface area (Å²) in [6, 6.07) is 5.64. The van der Waals surface area contributed by atoms with Gasteiger partial charge < -0.3 is 11.1 Å². The van der Waals surface area contributed by atoms with Crippen LogP contribution in [0.3, 0.4) is 0 Å². The lowest BCUT2D eigenvalue weighted by atomic mass is 9.83. The summed E-state index contributed by atoms with van der Waals surface area (Å²) in [6.45, 7) is 1.96. The Morgan fingerprint density at radius 2 is 2.22 bits per heavy atom. The largest absolute Gasteiger partial charge is 0.389 e. The molecular formula is C14H18N2OS. The van der Waals surface area contributed by atoms with Crippen molar-refractivity contribution in [2.24, 2.45) is 11.7 Å². The predicted molar refractivity (Wildman–Crippen MR) is 77.7 cm³/mol. The maximum absolute atomic E-state index is 11.9. The Morgan fingerprint density at radius 1 is 1.50 bits per heavy atom. The molecule has 0 radical (unpaired) electrons. The summed E-state index contributed by atoms with van der Waals surface area (Å²) in [5.41, 5.74) is 8.22. The molecule has 2 rings (SSSR count). The number of thiocarbonyl (C=S) groups is 1. The van der Waals surface area contributed by atoms with Crippen molar-refractivity contribution in [2.75, 3.05) is 5.32 Å². The van der Waals surface area contributed by atoms with Gasteiger partial charge in [-0.25, -0.2) is 0 Å². The standard InChI is InChI=1S/C14H18N2OS/c1-9-5-6-11(14(15)18)8-12(9)16-13(17)7-10-3-2-4-10/h5-6,8,10H,2-4,7H2,1H3,(H2,15,18)(H,16,17). The number of hydrogen-bond donors (Lipinski definition) is 2. The van der Waals surface area contributed by atoms with Crippen LogP contribution in [0.5, 0.6) is 0 Å². The van der Waals surface area contributed by atoms with E-state index in [9.17, 15) is 4.79 Å². The monoisotopic (exact) mass is 262 g/mol. The van der Waals surface area contributed by atoms with Crippen molar-refractivity contribution in [3.63, 3.8) is 0 Å². The van der Waals surface area contributed by atoms with Gasteiger partial charge in [0.25, 0.3) is 0 Å². The Balaban J connectivity index is 2.04. The Labute approximate surface area is 113 Å². The normalized spacial score (nSPS) is 14.9. The van der Waals surface area contributed by atoms with E-state index in [2.05, 4.69) is 5.32 Å². The Morgan fingerprint density at radius 3 is 2.78 bits per heavy atom. The van der Waals surface area contributed by atoms with Gasteiger partial charge in [0.05, 0.1) is 0 Å². The lowest BCUT2D eigenvalue weighted by Crippen LogP contribution is -2.21. The van der Waals surface area contributed by atoms with E-state index in [0.717, 1.165) is 16.8 Å². The van der Waals surface area contributed by atoms with E-state index in [1.807, 2.05) is 25.1 Å². The minimum atomic E-state index is 0.0860. The quantitative estimate of drug-likeness (QED) is 0.820. The number of nitrogens with one attached hydrogen (secondary N) is 1. The van der Waals surface area contributed by atoms with Crippen molar-refractivity contribution in [2.45, 2.75) is 32.6 Å². The molecule has 18 heavy (non-hydrogen) atoms. The molecule has 0 atom stereocenters. The lowest BCUT2D eigenvalue weighted by Gasteiger charge is -2.24. The molecule has 1 saturated carbocycles. The summed E-state index contributed by atoms with van der Waals surface area (Å²) in [7, 11) is 0. The summed E-state index contributed by atoms with van der Waals surface area (Å²) in [5, 5.41) is 2.95. The fourth-order valence-electron chi connectivity index (χ4n) is 2.07. The highest BCUT2D eigenvalue weighted by atomic mass is 32.1. The zero-order valence-electron chi connectivity index (χ0n) is 10.5. The maximum atomic E-state index is 11.9. The van der Waals surface area contributed by atoms with Gasteiger partial charge in [0.15, 0.2) is 0 Å². The Bertz CT molecular complexity index is 481. The van der Waals surface area contributed by atoms with Crippen LogP contribution in [0.25, 0.3) is 0 Å². The maximum Gasteiger partial charge on any atom is 0.224 e. The molecule has 1 fully saturated rings. The molecule has 0 heterocycles. The molecule has 3 N–H and O–H groups in total. The van der Waals surface area contributed by atoms with Crippen molar-refractivity contribution in [3.8, 4) is 0 Å². The summed E-state index contributed by atoms with van der Waals surface area (Å²) in [6.07, 6.45) is 4.24. The molecule has 0 unspecified atom stereocenters. The number of carbonyl (C=O) groups excluding carboxylic acids is 1. The van der Waals surface area contributed by atoms with E-state index >= 15 is 0 Å². The number of nitrogens with two attached hydrogens (primary N) is 1. The van der Waals surface area contributed by atoms with Crippen molar-refractivity contribution >= 4 is 28.8 Å². The van der Waals surface area contributed by atoms with Crippen molar-refractivity contribution < 1.29 is 4.79 Å². The molecule has 0 spiro atoms. The molecule has 0 bridgehead atoms. The van der Waals surface area contributed by atoms with Crippen LogP contribution in [0.2, 0.25) is 0 Å². The second-order valence-corrected chi connectivity index (χ2v) is 5.38. The summed E-state index contributed by atoms with van der Waals surface area (Å²) >= 11 is 4.94. The van der Waals surface area contributed by atoms with Gasteiger partial charge in [0, 0.05) is 17.7 Å². The molecule has 1 amide bonds. The Kier molecular flexibility index (Phi) is 3.97. The molecular weight excluding hydrogens is 244 g/mol. The highest BCUT2D eigenvalue weighted by Crippen LogP contribution is 2.29. The highest BCUT2D eigenvalue weighted by molar-refractivity contribution is 7.80. The zero-order chi connectivity index (χ0) is 13.1. The number of hydrogen-bond acceptors (Lipinski definition) is 2. The minimum absolute atomic E-state index is 0.0860. The van der Waals surface area contributed by atoms with Crippen molar-refractivity contribution in [3.05, 3.63) is 29.3 Å². The second-order valence-electron chi connectivity index (χ2n) is 4.94. The van der Waals surface area contributed by atoms with Crippen LogP contribution >= 0.6 is 12.2 Å². The molecule has 3 nitrogen and oxygen atoms in total. The van der Waals surface area contributed by atoms with Crippen molar-refractivity contribution in [1.82, 2.24) is 0 Å². The molecule has 96 valence electrons. The highest BCUT2D eigenvalue weighted by Gasteiger charge is 2.20. The van der Waals surface area contributed by atoms with Gasteiger partial charge in [-0.15, -0.1) is 0 Å². The van der Waals surface area contributed by atoms with E-state index in [-0.39, 0.29) is 5.91 Å². The van der Waals surface area contributed by atoms with Crippen LogP contribution < -0.4 is 11.1 Å². The first-order chi connectivity index (χ1) is 8.56. The first-order valence-corrected chi connectivity index (χ1v) is 6.67. The van der Waals surface area contributed by atoms with Crippen molar-refractivity contribution in [1.29, 1.82) is 0 Å². The SMILES string of the molecule is Cc1ccc(C(N)=S)cc1NC(=O)CC1CCC1. The number of amides is 1. The smallest absolute Gasteiger partial charge is 0.224 e. The van der Waals surface area contributed by atoms with Gasteiger partial charge >= 0.3 is 0 Å². The first-order valence-electron chi connectivity index (χ1n) is 6.26. The van der Waals surface area contributed by atoms with E-state index < -0.39 is 0 Å². The minimum Gasteiger partial charge on any atom is -0.389 e. The fourth-order valence-corrected chi connectivity index (χ4v) is 2.20. The van der Waals surface area contributed by atoms with Crippen LogP contribution in [0.15, 0.2) is 18.2 Å². The molecule has 1 aliphatic rings. The van der Waals surface area contributed by atoms with Gasteiger partial charge in [-0.05, 0) is 37.3 Å². The number of anilines is 1. The predicted octanol–water partition coefficient (Wildman–Crippen LogP) is 2.76. The van der Waals surface area contributed by atoms with E-state index in [4.69, 9.17) is 18.0 Å². The molecule has 0 aliphatic heterocycles. The number of benzene rings is 1. The van der Waals surface area contributed by atoms with E-state index in [0.29, 0.717) is 17.3 Å². The van der Waals surface area contributed by atoms with Crippen LogP contribution in [0.1, 0.15) is 36.8 Å². The number of aryl methyl sites for hydroxylation is 1. The molecule has 0 aromatic heterocycles. The molecule has 1 aromatic rings. The number of carbonyl (C=O) groups is 1. The van der Waals surface area contributed by atoms with Gasteiger partial charge in [0.2, 0.25) is 5.91 Å². The second kappa shape index (κ2) is 5.48. The van der Waals surface area contributed by atoms with Crippen LogP contribution in [-0.2, 0) is 4.79 Å². The van der Waals surface area contributed by atoms with Gasteiger partial charge in [-0.3, -0.25) is 4.79 Å². The average Bonchev–Trinajstić information content (AvgIpc) is 2.26. The molecule has 1 aromatic carbocycles. The fraction of sp³-hybridized carbons (Fsp3) is 0.429. The third kappa shape index (κ3) is 3.07. The molecule has 1 aliphatic carbocycles. The van der Waals surface area contributed by atoms with Gasteiger partial charge in [-0.1, -0.05) is 30.8 Å². The van der Waals surface area contributed by atoms with Crippen LogP contribution in [0.4, 0.5) is 5.69 Å². The lowest BCUT2D eigenvalue weighted by molar-refractivity contribution is -0.117. The molecule has 0 saturated heterocycles. The van der Waals surface area contributed by atoms with Gasteiger partial charge in [0.1, 0.15) is 4.99 Å². The number of rotatable bonds is 4. The molecule has 4 heteroatoms. The van der Waals surface area contributed by atoms with Gasteiger partial charge in [-0.2, -0.15) is 0 Å². The topological polar surface area (TPSA) is 55.1 Å². The first kappa shape index (κ1) is 13.0. The summed E-state index contributed by atoms with van der Waals surface area (Å²) in [4.78, 5) is 12.2. The third-order valence-corrected chi connectivity index (χ3v) is 3.73. The summed E-state index contributed by atoms with van der Waals surface area (Å²) < 4.78 is 0. The van der Waals surface area contributed by atoms with Crippen LogP contribution in [-0.4, -0.2) is 10.9 Å². The summed E-state index contributed by atoms with van der Waals surface area (Å²) in [5.74, 6) is 0.659. The average molecular weight is 262 g/mol.